The van der Waals surface area contributed by atoms with Crippen LogP contribution >= 0.6 is 0 Å². The van der Waals surface area contributed by atoms with Crippen LogP contribution < -0.4 is 5.32 Å². The zero-order valence-electron chi connectivity index (χ0n) is 10.9. The molecule has 0 atom stereocenters. The number of carbonyl (C=O) groups is 1. The number of rotatable bonds is 2. The van der Waals surface area contributed by atoms with E-state index in [0.717, 1.165) is 11.1 Å². The van der Waals surface area contributed by atoms with Crippen LogP contribution in [0.5, 0.6) is 0 Å². The number of carbonyl (C=O) groups excluding carboxylic acids is 1. The number of hydrogen-bond donors (Lipinski definition) is 1. The molecular formula is C12H15N5O. The third kappa shape index (κ3) is 2.09. The van der Waals surface area contributed by atoms with Crippen molar-refractivity contribution in [2.24, 2.45) is 7.05 Å². The molecule has 1 amide bonds. The van der Waals surface area contributed by atoms with Crippen molar-refractivity contribution in [1.82, 2.24) is 20.2 Å². The Bertz CT molecular complexity index is 603. The summed E-state index contributed by atoms with van der Waals surface area (Å²) in [4.78, 5) is 12.1. The number of aryl methyl sites for hydroxylation is 2. The van der Waals surface area contributed by atoms with Gasteiger partial charge in [0.25, 0.3) is 5.91 Å². The Morgan fingerprint density at radius 1 is 1.22 bits per heavy atom. The third-order valence-corrected chi connectivity index (χ3v) is 3.15. The van der Waals surface area contributed by atoms with E-state index in [4.69, 9.17) is 0 Å². The van der Waals surface area contributed by atoms with Gasteiger partial charge in [-0.25, -0.2) is 4.68 Å². The lowest BCUT2D eigenvalue weighted by Gasteiger charge is -2.10. The van der Waals surface area contributed by atoms with Crippen LogP contribution in [0.15, 0.2) is 12.1 Å². The van der Waals surface area contributed by atoms with Crippen LogP contribution in [0.1, 0.15) is 27.0 Å². The molecule has 0 radical (unpaired) electrons. The highest BCUT2D eigenvalue weighted by atomic mass is 16.1. The topological polar surface area (TPSA) is 72.7 Å². The van der Waals surface area contributed by atoms with E-state index in [1.807, 2.05) is 32.9 Å². The van der Waals surface area contributed by atoms with E-state index in [-0.39, 0.29) is 5.91 Å². The van der Waals surface area contributed by atoms with Gasteiger partial charge in [-0.1, -0.05) is 11.2 Å². The standard InChI is InChI=1S/C12H15N5O/c1-7-5-6-10(9(3)8(7)2)11(18)13-12-14-15-16-17(12)4/h5-6H,1-4H3,(H,13,14,16,18). The second kappa shape index (κ2) is 4.56. The number of hydrogen-bond acceptors (Lipinski definition) is 4. The molecule has 1 aromatic carbocycles. The monoisotopic (exact) mass is 245 g/mol. The predicted octanol–water partition coefficient (Wildman–Crippen LogP) is 1.39. The van der Waals surface area contributed by atoms with Crippen LogP contribution in [0.25, 0.3) is 0 Å². The molecular weight excluding hydrogens is 230 g/mol. The number of amides is 1. The summed E-state index contributed by atoms with van der Waals surface area (Å²) >= 11 is 0. The first-order valence-electron chi connectivity index (χ1n) is 5.61. The van der Waals surface area contributed by atoms with Crippen molar-refractivity contribution >= 4 is 11.9 Å². The van der Waals surface area contributed by atoms with Gasteiger partial charge in [-0.3, -0.25) is 10.1 Å². The maximum atomic E-state index is 12.1. The van der Waals surface area contributed by atoms with E-state index in [9.17, 15) is 4.79 Å². The van der Waals surface area contributed by atoms with Crippen molar-refractivity contribution in [3.05, 3.63) is 34.4 Å². The van der Waals surface area contributed by atoms with Gasteiger partial charge in [0.05, 0.1) is 0 Å². The van der Waals surface area contributed by atoms with Gasteiger partial charge < -0.3 is 0 Å². The minimum Gasteiger partial charge on any atom is -0.289 e. The molecule has 1 aromatic heterocycles. The molecule has 6 heteroatoms. The maximum Gasteiger partial charge on any atom is 0.258 e. The quantitative estimate of drug-likeness (QED) is 0.867. The third-order valence-electron chi connectivity index (χ3n) is 3.15. The molecule has 0 aliphatic rings. The molecule has 2 aromatic rings. The fourth-order valence-corrected chi connectivity index (χ4v) is 1.71. The summed E-state index contributed by atoms with van der Waals surface area (Å²) in [5, 5.41) is 13.5. The van der Waals surface area contributed by atoms with Gasteiger partial charge in [0.15, 0.2) is 0 Å². The number of nitrogens with one attached hydrogen (secondary N) is 1. The Hall–Kier alpha value is -2.24. The zero-order valence-corrected chi connectivity index (χ0v) is 10.9. The van der Waals surface area contributed by atoms with Crippen molar-refractivity contribution < 1.29 is 4.79 Å². The smallest absolute Gasteiger partial charge is 0.258 e. The summed E-state index contributed by atoms with van der Waals surface area (Å²) in [6.07, 6.45) is 0. The number of aromatic nitrogens is 4. The average molecular weight is 245 g/mol. The van der Waals surface area contributed by atoms with Crippen molar-refractivity contribution in [2.75, 3.05) is 5.32 Å². The minimum absolute atomic E-state index is 0.200. The lowest BCUT2D eigenvalue weighted by atomic mass is 9.98. The molecule has 1 heterocycles. The molecule has 0 aliphatic heterocycles. The molecule has 0 saturated carbocycles. The van der Waals surface area contributed by atoms with Gasteiger partial charge >= 0.3 is 0 Å². The summed E-state index contributed by atoms with van der Waals surface area (Å²) < 4.78 is 1.41. The van der Waals surface area contributed by atoms with Gasteiger partial charge in [-0.05, 0) is 54.0 Å². The van der Waals surface area contributed by atoms with E-state index in [1.165, 1.54) is 10.2 Å². The second-order valence-corrected chi connectivity index (χ2v) is 4.26. The van der Waals surface area contributed by atoms with Gasteiger partial charge in [-0.2, -0.15) is 0 Å². The predicted molar refractivity (Wildman–Crippen MR) is 67.4 cm³/mol. The van der Waals surface area contributed by atoms with Crippen LogP contribution in [-0.2, 0) is 7.05 Å². The molecule has 0 bridgehead atoms. The first kappa shape index (κ1) is 12.2. The van der Waals surface area contributed by atoms with Crippen LogP contribution in [0, 0.1) is 20.8 Å². The molecule has 0 spiro atoms. The Morgan fingerprint density at radius 3 is 2.56 bits per heavy atom. The largest absolute Gasteiger partial charge is 0.289 e. The van der Waals surface area contributed by atoms with Crippen molar-refractivity contribution in [3.8, 4) is 0 Å². The first-order valence-corrected chi connectivity index (χ1v) is 5.61. The van der Waals surface area contributed by atoms with Crippen molar-refractivity contribution in [2.45, 2.75) is 20.8 Å². The Morgan fingerprint density at radius 2 is 1.94 bits per heavy atom. The normalized spacial score (nSPS) is 10.4. The highest BCUT2D eigenvalue weighted by Crippen LogP contribution is 2.17. The molecule has 18 heavy (non-hydrogen) atoms. The van der Waals surface area contributed by atoms with Crippen molar-refractivity contribution in [3.63, 3.8) is 0 Å². The number of benzene rings is 1. The van der Waals surface area contributed by atoms with E-state index in [1.54, 1.807) is 7.05 Å². The molecule has 0 saturated heterocycles. The van der Waals surface area contributed by atoms with Gasteiger partial charge in [0, 0.05) is 12.6 Å². The number of anilines is 1. The van der Waals surface area contributed by atoms with Crippen molar-refractivity contribution in [1.29, 1.82) is 0 Å². The summed E-state index contributed by atoms with van der Waals surface area (Å²) in [5.74, 6) is 0.131. The molecule has 2 rings (SSSR count). The van der Waals surface area contributed by atoms with Crippen LogP contribution in [0.4, 0.5) is 5.95 Å². The average Bonchev–Trinajstić information content (AvgIpc) is 2.72. The van der Waals surface area contributed by atoms with E-state index in [0.29, 0.717) is 11.5 Å². The Labute approximate surface area is 105 Å². The maximum absolute atomic E-state index is 12.1. The zero-order chi connectivity index (χ0) is 13.3. The highest BCUT2D eigenvalue weighted by Gasteiger charge is 2.14. The molecule has 0 aliphatic carbocycles. The van der Waals surface area contributed by atoms with Gasteiger partial charge in [-0.15, -0.1) is 0 Å². The lowest BCUT2D eigenvalue weighted by molar-refractivity contribution is 0.102. The van der Waals surface area contributed by atoms with Crippen LogP contribution in [0.3, 0.4) is 0 Å². The minimum atomic E-state index is -0.200. The molecule has 1 N–H and O–H groups in total. The van der Waals surface area contributed by atoms with Gasteiger partial charge in [0.2, 0.25) is 5.95 Å². The fraction of sp³-hybridized carbons (Fsp3) is 0.333. The van der Waals surface area contributed by atoms with Crippen LogP contribution in [-0.4, -0.2) is 26.1 Å². The van der Waals surface area contributed by atoms with E-state index in [2.05, 4.69) is 20.8 Å². The first-order chi connectivity index (χ1) is 8.50. The Kier molecular flexibility index (Phi) is 3.10. The number of tetrazole rings is 1. The second-order valence-electron chi connectivity index (χ2n) is 4.26. The summed E-state index contributed by atoms with van der Waals surface area (Å²) in [5.41, 5.74) is 3.91. The fourth-order valence-electron chi connectivity index (χ4n) is 1.71. The molecule has 94 valence electrons. The molecule has 6 nitrogen and oxygen atoms in total. The highest BCUT2D eigenvalue weighted by molar-refractivity contribution is 6.04. The van der Waals surface area contributed by atoms with E-state index < -0.39 is 0 Å². The molecule has 0 unspecified atom stereocenters. The Balaban J connectivity index is 2.30. The van der Waals surface area contributed by atoms with Gasteiger partial charge in [0.1, 0.15) is 0 Å². The summed E-state index contributed by atoms with van der Waals surface area (Å²) in [7, 11) is 1.67. The number of nitrogens with zero attached hydrogens (tertiary/aromatic N) is 4. The van der Waals surface area contributed by atoms with E-state index >= 15 is 0 Å². The van der Waals surface area contributed by atoms with Crippen LogP contribution in [0.2, 0.25) is 0 Å². The lowest BCUT2D eigenvalue weighted by Crippen LogP contribution is -2.17. The summed E-state index contributed by atoms with van der Waals surface area (Å²) in [6.45, 7) is 5.97. The molecule has 0 fully saturated rings. The summed E-state index contributed by atoms with van der Waals surface area (Å²) in [6, 6.07) is 3.75. The SMILES string of the molecule is Cc1ccc(C(=O)Nc2nnnn2C)c(C)c1C.